The minimum absolute atomic E-state index is 0.0461. The topological polar surface area (TPSA) is 88.1 Å². The number of thiocarbonyl (C=S) groups is 1. The van der Waals surface area contributed by atoms with E-state index in [1.54, 1.807) is 43.3 Å². The Kier molecular flexibility index (Phi) is 6.95. The van der Waals surface area contributed by atoms with Crippen molar-refractivity contribution >= 4 is 56.8 Å². The highest BCUT2D eigenvalue weighted by molar-refractivity contribution is 9.10. The van der Waals surface area contributed by atoms with E-state index in [2.05, 4.69) is 21.2 Å². The average molecular weight is 539 g/mol. The van der Waals surface area contributed by atoms with Crippen molar-refractivity contribution in [3.8, 4) is 23.0 Å². The molecule has 2 N–H and O–H groups in total. The first kappa shape index (κ1) is 23.5. The lowest BCUT2D eigenvalue weighted by molar-refractivity contribution is -0.122. The van der Waals surface area contributed by atoms with Gasteiger partial charge in [-0.1, -0.05) is 34.1 Å². The number of rotatable bonds is 6. The van der Waals surface area contributed by atoms with Gasteiger partial charge >= 0.3 is 0 Å². The van der Waals surface area contributed by atoms with Crippen LogP contribution in [0.3, 0.4) is 0 Å². The molecule has 0 unspecified atom stereocenters. The second kappa shape index (κ2) is 10.1. The Morgan fingerprint density at radius 1 is 1.03 bits per heavy atom. The van der Waals surface area contributed by atoms with Gasteiger partial charge in [0.15, 0.2) is 16.6 Å². The second-order valence-corrected chi connectivity index (χ2v) is 8.35. The summed E-state index contributed by atoms with van der Waals surface area (Å²) in [7, 11) is 0. The van der Waals surface area contributed by atoms with Gasteiger partial charge < -0.3 is 14.6 Å². The van der Waals surface area contributed by atoms with Gasteiger partial charge in [-0.15, -0.1) is 0 Å². The van der Waals surface area contributed by atoms with Gasteiger partial charge in [-0.05, 0) is 73.7 Å². The van der Waals surface area contributed by atoms with Gasteiger partial charge in [-0.25, -0.2) is 0 Å². The number of halogens is 1. The van der Waals surface area contributed by atoms with Crippen LogP contribution >= 0.6 is 28.1 Å². The van der Waals surface area contributed by atoms with Gasteiger partial charge in [-0.3, -0.25) is 19.8 Å². The molecule has 1 aliphatic heterocycles. The summed E-state index contributed by atoms with van der Waals surface area (Å²) >= 11 is 8.61. The number of ether oxygens (including phenoxy) is 2. The number of hydrogen-bond acceptors (Lipinski definition) is 6. The summed E-state index contributed by atoms with van der Waals surface area (Å²) in [5.41, 5.74) is 0.499. The lowest BCUT2D eigenvalue weighted by Crippen LogP contribution is -2.54. The summed E-state index contributed by atoms with van der Waals surface area (Å²) < 4.78 is 11.7. The van der Waals surface area contributed by atoms with E-state index in [9.17, 15) is 14.7 Å². The predicted molar refractivity (Wildman–Crippen MR) is 136 cm³/mol. The molecule has 9 heteroatoms. The van der Waals surface area contributed by atoms with Gasteiger partial charge in [-0.2, -0.15) is 0 Å². The van der Waals surface area contributed by atoms with Crippen molar-refractivity contribution in [2.45, 2.75) is 6.92 Å². The molecule has 0 radical (unpaired) electrons. The van der Waals surface area contributed by atoms with Crippen LogP contribution in [-0.4, -0.2) is 28.6 Å². The maximum atomic E-state index is 13.3. The van der Waals surface area contributed by atoms with E-state index in [1.807, 2.05) is 30.3 Å². The molecule has 34 heavy (non-hydrogen) atoms. The molecule has 0 atom stereocenters. The lowest BCUT2D eigenvalue weighted by Gasteiger charge is -2.29. The SMILES string of the molecule is CCOc1ccc(Br)c(C=C2C(=O)NC(=S)N(c3ccc(Oc4ccccc4)cc3)C2=O)c1O. The van der Waals surface area contributed by atoms with Crippen LogP contribution in [0.25, 0.3) is 6.08 Å². The Morgan fingerprint density at radius 2 is 1.71 bits per heavy atom. The summed E-state index contributed by atoms with van der Waals surface area (Å²) in [6.45, 7) is 2.13. The van der Waals surface area contributed by atoms with E-state index in [0.717, 1.165) is 0 Å². The number of nitrogens with zero attached hydrogens (tertiary/aromatic N) is 1. The second-order valence-electron chi connectivity index (χ2n) is 7.11. The highest BCUT2D eigenvalue weighted by Crippen LogP contribution is 2.37. The lowest BCUT2D eigenvalue weighted by atomic mass is 10.1. The molecule has 1 heterocycles. The molecule has 3 aromatic carbocycles. The number of nitrogens with one attached hydrogen (secondary N) is 1. The average Bonchev–Trinajstić information content (AvgIpc) is 2.82. The first-order valence-electron chi connectivity index (χ1n) is 10.3. The smallest absolute Gasteiger partial charge is 0.270 e. The summed E-state index contributed by atoms with van der Waals surface area (Å²) in [4.78, 5) is 27.1. The minimum atomic E-state index is -0.664. The van der Waals surface area contributed by atoms with Crippen molar-refractivity contribution in [2.75, 3.05) is 11.5 Å². The predicted octanol–water partition coefficient (Wildman–Crippen LogP) is 5.18. The molecule has 4 rings (SSSR count). The molecule has 1 fully saturated rings. The zero-order valence-corrected chi connectivity index (χ0v) is 20.4. The molecular weight excluding hydrogens is 520 g/mol. The van der Waals surface area contributed by atoms with Crippen LogP contribution in [0, 0.1) is 0 Å². The largest absolute Gasteiger partial charge is 0.504 e. The normalized spacial score (nSPS) is 14.8. The molecular formula is C25H19BrN2O5S. The van der Waals surface area contributed by atoms with Crippen LogP contribution in [0.15, 0.2) is 76.8 Å². The molecule has 1 saturated heterocycles. The fourth-order valence-electron chi connectivity index (χ4n) is 3.30. The van der Waals surface area contributed by atoms with E-state index in [1.165, 1.54) is 11.0 Å². The zero-order valence-electron chi connectivity index (χ0n) is 17.9. The van der Waals surface area contributed by atoms with Crippen molar-refractivity contribution in [3.05, 3.63) is 82.3 Å². The summed E-state index contributed by atoms with van der Waals surface area (Å²) in [6, 6.07) is 19.3. The third-order valence-corrected chi connectivity index (χ3v) is 5.87. The molecule has 3 aromatic rings. The molecule has 2 amide bonds. The maximum Gasteiger partial charge on any atom is 0.270 e. The third kappa shape index (κ3) is 4.80. The number of aromatic hydroxyl groups is 1. The van der Waals surface area contributed by atoms with Gasteiger partial charge in [0.1, 0.15) is 17.1 Å². The molecule has 0 aromatic heterocycles. The first-order valence-corrected chi connectivity index (χ1v) is 11.5. The van der Waals surface area contributed by atoms with Crippen molar-refractivity contribution < 1.29 is 24.2 Å². The van der Waals surface area contributed by atoms with Crippen LogP contribution in [0.4, 0.5) is 5.69 Å². The monoisotopic (exact) mass is 538 g/mol. The molecule has 172 valence electrons. The van der Waals surface area contributed by atoms with Crippen LogP contribution in [-0.2, 0) is 9.59 Å². The minimum Gasteiger partial charge on any atom is -0.504 e. The molecule has 7 nitrogen and oxygen atoms in total. The molecule has 0 aliphatic carbocycles. The van der Waals surface area contributed by atoms with E-state index >= 15 is 0 Å². The zero-order chi connectivity index (χ0) is 24.2. The van der Waals surface area contributed by atoms with Crippen molar-refractivity contribution in [1.82, 2.24) is 5.32 Å². The van der Waals surface area contributed by atoms with Crippen molar-refractivity contribution in [2.24, 2.45) is 0 Å². The Morgan fingerprint density at radius 3 is 2.38 bits per heavy atom. The molecule has 0 spiro atoms. The van der Waals surface area contributed by atoms with Gasteiger partial charge in [0, 0.05) is 10.0 Å². The molecule has 0 saturated carbocycles. The van der Waals surface area contributed by atoms with E-state index in [4.69, 9.17) is 21.7 Å². The Labute approximate surface area is 209 Å². The Hall–Kier alpha value is -3.69. The number of amides is 2. The Bertz CT molecular complexity index is 1290. The van der Waals surface area contributed by atoms with E-state index < -0.39 is 11.8 Å². The van der Waals surface area contributed by atoms with Crippen LogP contribution in [0.2, 0.25) is 0 Å². The van der Waals surface area contributed by atoms with Gasteiger partial charge in [0.25, 0.3) is 11.8 Å². The van der Waals surface area contributed by atoms with Gasteiger partial charge in [0.2, 0.25) is 0 Å². The van der Waals surface area contributed by atoms with Crippen LogP contribution in [0.5, 0.6) is 23.0 Å². The number of anilines is 1. The number of benzene rings is 3. The standard InChI is InChI=1S/C25H19BrN2O5S/c1-2-32-21-13-12-20(26)18(22(21)29)14-19-23(30)27-25(34)28(24(19)31)15-8-10-17(11-9-15)33-16-6-4-3-5-7-16/h3-14,29H,2H2,1H3,(H,27,30,34). The fourth-order valence-corrected chi connectivity index (χ4v) is 4.01. The van der Waals surface area contributed by atoms with Crippen molar-refractivity contribution in [3.63, 3.8) is 0 Å². The number of phenolic OH excluding ortho intramolecular Hbond substituents is 1. The molecule has 0 bridgehead atoms. The quantitative estimate of drug-likeness (QED) is 0.255. The number of carbonyl (C=O) groups excluding carboxylic acids is 2. The third-order valence-electron chi connectivity index (χ3n) is 4.89. The van der Waals surface area contributed by atoms with Crippen LogP contribution in [0.1, 0.15) is 12.5 Å². The number of hydrogen-bond donors (Lipinski definition) is 2. The summed E-state index contributed by atoms with van der Waals surface area (Å²) in [5, 5.41) is 13.1. The van der Waals surface area contributed by atoms with E-state index in [0.29, 0.717) is 28.3 Å². The highest BCUT2D eigenvalue weighted by atomic mass is 79.9. The van der Waals surface area contributed by atoms with Crippen LogP contribution < -0.4 is 19.7 Å². The number of phenols is 1. The number of para-hydroxylation sites is 1. The highest BCUT2D eigenvalue weighted by Gasteiger charge is 2.35. The molecule has 1 aliphatic rings. The summed E-state index contributed by atoms with van der Waals surface area (Å²) in [5.74, 6) is 0.0136. The van der Waals surface area contributed by atoms with Crippen molar-refractivity contribution in [1.29, 1.82) is 0 Å². The summed E-state index contributed by atoms with van der Waals surface area (Å²) in [6.07, 6.45) is 1.31. The van der Waals surface area contributed by atoms with E-state index in [-0.39, 0.29) is 27.7 Å². The van der Waals surface area contributed by atoms with Gasteiger partial charge in [0.05, 0.1) is 12.3 Å². The Balaban J connectivity index is 1.65. The fraction of sp³-hybridized carbons (Fsp3) is 0.0800. The first-order chi connectivity index (χ1) is 16.4. The maximum absolute atomic E-state index is 13.3. The number of carbonyl (C=O) groups is 2.